The first kappa shape index (κ1) is 13.9. The van der Waals surface area contributed by atoms with Gasteiger partial charge in [-0.25, -0.2) is 4.79 Å². The minimum Gasteiger partial charge on any atom is -0.478 e. The number of nitrogens with one attached hydrogen (secondary N) is 1. The molecule has 1 fully saturated rings. The molecule has 0 radical (unpaired) electrons. The molecule has 2 rings (SSSR count). The van der Waals surface area contributed by atoms with Gasteiger partial charge in [-0.15, -0.1) is 0 Å². The van der Waals surface area contributed by atoms with E-state index in [1.807, 2.05) is 19.1 Å². The Kier molecular flexibility index (Phi) is 4.46. The molecule has 0 spiro atoms. The van der Waals surface area contributed by atoms with Crippen molar-refractivity contribution in [1.82, 2.24) is 0 Å². The summed E-state index contributed by atoms with van der Waals surface area (Å²) in [6.45, 7) is 4.12. The number of rotatable bonds is 4. The summed E-state index contributed by atoms with van der Waals surface area (Å²) >= 11 is 0. The maximum Gasteiger partial charge on any atom is 0.335 e. The molecule has 0 unspecified atom stereocenters. The van der Waals surface area contributed by atoms with Crippen molar-refractivity contribution < 1.29 is 9.90 Å². The van der Waals surface area contributed by atoms with Crippen molar-refractivity contribution >= 4 is 11.7 Å². The Morgan fingerprint density at radius 2 is 2.00 bits per heavy atom. The molecule has 19 heavy (non-hydrogen) atoms. The van der Waals surface area contributed by atoms with Gasteiger partial charge in [0.2, 0.25) is 0 Å². The van der Waals surface area contributed by atoms with Crippen molar-refractivity contribution in [2.45, 2.75) is 52.0 Å². The van der Waals surface area contributed by atoms with Gasteiger partial charge in [0.15, 0.2) is 0 Å². The molecule has 1 saturated carbocycles. The van der Waals surface area contributed by atoms with Gasteiger partial charge in [0.25, 0.3) is 0 Å². The van der Waals surface area contributed by atoms with Crippen LogP contribution in [0, 0.1) is 12.8 Å². The molecule has 2 N–H and O–H groups in total. The Balaban J connectivity index is 1.97. The average molecular weight is 261 g/mol. The number of anilines is 1. The molecule has 1 aliphatic rings. The van der Waals surface area contributed by atoms with E-state index in [2.05, 4.69) is 12.2 Å². The monoisotopic (exact) mass is 261 g/mol. The van der Waals surface area contributed by atoms with Crippen LogP contribution in [-0.4, -0.2) is 17.1 Å². The maximum atomic E-state index is 11.0. The van der Waals surface area contributed by atoms with Gasteiger partial charge < -0.3 is 10.4 Å². The lowest BCUT2D eigenvalue weighted by Crippen LogP contribution is -2.25. The molecule has 1 aromatic rings. The number of hydrogen-bond acceptors (Lipinski definition) is 2. The second kappa shape index (κ2) is 6.09. The van der Waals surface area contributed by atoms with Crippen molar-refractivity contribution in [1.29, 1.82) is 0 Å². The molecule has 0 aliphatic heterocycles. The molecule has 1 aromatic carbocycles. The summed E-state index contributed by atoms with van der Waals surface area (Å²) in [6, 6.07) is 6.05. The van der Waals surface area contributed by atoms with E-state index in [1.165, 1.54) is 32.1 Å². The Hall–Kier alpha value is -1.51. The highest BCUT2D eigenvalue weighted by Gasteiger charge is 2.19. The molecule has 3 heteroatoms. The van der Waals surface area contributed by atoms with Gasteiger partial charge in [0.1, 0.15) is 0 Å². The number of carboxylic acids is 1. The van der Waals surface area contributed by atoms with Crippen molar-refractivity contribution in [2.24, 2.45) is 5.92 Å². The third-order valence-electron chi connectivity index (χ3n) is 4.25. The zero-order chi connectivity index (χ0) is 13.8. The largest absolute Gasteiger partial charge is 0.478 e. The van der Waals surface area contributed by atoms with Gasteiger partial charge in [-0.3, -0.25) is 0 Å². The van der Waals surface area contributed by atoms with Gasteiger partial charge in [0, 0.05) is 11.7 Å². The summed E-state index contributed by atoms with van der Waals surface area (Å²) in [5.74, 6) is 0.0432. The summed E-state index contributed by atoms with van der Waals surface area (Å²) in [5.41, 5.74) is 2.25. The fraction of sp³-hybridized carbons (Fsp3) is 0.562. The third-order valence-corrected chi connectivity index (χ3v) is 4.25. The number of benzene rings is 1. The van der Waals surface area contributed by atoms with Crippen LogP contribution >= 0.6 is 0 Å². The smallest absolute Gasteiger partial charge is 0.335 e. The quantitative estimate of drug-likeness (QED) is 0.858. The summed E-state index contributed by atoms with van der Waals surface area (Å²) < 4.78 is 0. The summed E-state index contributed by atoms with van der Waals surface area (Å²) in [4.78, 5) is 11.0. The lowest BCUT2D eigenvalue weighted by Gasteiger charge is -2.29. The standard InChI is InChI=1S/C16H23NO2/c1-3-12-4-6-13(7-5-12)17-14-8-9-15(16(18)19)11(2)10-14/h8-10,12-13,17H,3-7H2,1-2H3,(H,18,19). The first-order chi connectivity index (χ1) is 9.10. The topological polar surface area (TPSA) is 49.3 Å². The molecule has 0 atom stereocenters. The molecule has 1 aliphatic carbocycles. The van der Waals surface area contributed by atoms with E-state index in [9.17, 15) is 4.79 Å². The second-order valence-corrected chi connectivity index (χ2v) is 5.61. The van der Waals surface area contributed by atoms with Gasteiger partial charge in [0.05, 0.1) is 5.56 Å². The zero-order valence-electron chi connectivity index (χ0n) is 11.8. The van der Waals surface area contributed by atoms with E-state index in [-0.39, 0.29) is 0 Å². The maximum absolute atomic E-state index is 11.0. The Bertz CT molecular complexity index is 448. The number of carbonyl (C=O) groups is 1. The molecular formula is C16H23NO2. The van der Waals surface area contributed by atoms with Gasteiger partial charge in [-0.1, -0.05) is 13.3 Å². The fourth-order valence-electron chi connectivity index (χ4n) is 2.94. The van der Waals surface area contributed by atoms with Gasteiger partial charge in [-0.2, -0.15) is 0 Å². The third kappa shape index (κ3) is 3.49. The molecule has 104 valence electrons. The Labute approximate surface area is 115 Å². The van der Waals surface area contributed by atoms with Crippen LogP contribution in [0.3, 0.4) is 0 Å². The molecule has 0 amide bonds. The normalized spacial score (nSPS) is 23.1. The van der Waals surface area contributed by atoms with Crippen LogP contribution in [0.1, 0.15) is 54.9 Å². The SMILES string of the molecule is CCC1CCC(Nc2ccc(C(=O)O)c(C)c2)CC1. The van der Waals surface area contributed by atoms with Crippen molar-refractivity contribution in [3.63, 3.8) is 0 Å². The first-order valence-electron chi connectivity index (χ1n) is 7.20. The zero-order valence-corrected chi connectivity index (χ0v) is 11.8. The van der Waals surface area contributed by atoms with E-state index in [1.54, 1.807) is 6.07 Å². The van der Waals surface area contributed by atoms with Gasteiger partial charge in [-0.05, 0) is 62.3 Å². The van der Waals surface area contributed by atoms with Crippen LogP contribution in [0.2, 0.25) is 0 Å². The highest BCUT2D eigenvalue weighted by atomic mass is 16.4. The number of carboxylic acid groups (broad SMARTS) is 1. The fourth-order valence-corrected chi connectivity index (χ4v) is 2.94. The molecule has 0 saturated heterocycles. The Morgan fingerprint density at radius 1 is 1.32 bits per heavy atom. The highest BCUT2D eigenvalue weighted by molar-refractivity contribution is 5.89. The van der Waals surface area contributed by atoms with Crippen LogP contribution in [0.15, 0.2) is 18.2 Å². The van der Waals surface area contributed by atoms with Crippen LogP contribution in [0.4, 0.5) is 5.69 Å². The summed E-state index contributed by atoms with van der Waals surface area (Å²) in [7, 11) is 0. The van der Waals surface area contributed by atoms with E-state index in [0.29, 0.717) is 11.6 Å². The molecule has 0 aromatic heterocycles. The van der Waals surface area contributed by atoms with E-state index in [4.69, 9.17) is 5.11 Å². The lowest BCUT2D eigenvalue weighted by atomic mass is 9.84. The van der Waals surface area contributed by atoms with Crippen LogP contribution < -0.4 is 5.32 Å². The highest BCUT2D eigenvalue weighted by Crippen LogP contribution is 2.28. The number of aromatic carboxylic acids is 1. The van der Waals surface area contributed by atoms with E-state index in [0.717, 1.165) is 17.2 Å². The summed E-state index contributed by atoms with van der Waals surface area (Å²) in [6.07, 6.45) is 6.34. The average Bonchev–Trinajstić information content (AvgIpc) is 2.39. The van der Waals surface area contributed by atoms with Crippen molar-refractivity contribution in [3.05, 3.63) is 29.3 Å². The van der Waals surface area contributed by atoms with Crippen LogP contribution in [0.25, 0.3) is 0 Å². The van der Waals surface area contributed by atoms with Crippen LogP contribution in [0.5, 0.6) is 0 Å². The van der Waals surface area contributed by atoms with Crippen LogP contribution in [-0.2, 0) is 0 Å². The molecule has 3 nitrogen and oxygen atoms in total. The van der Waals surface area contributed by atoms with E-state index < -0.39 is 5.97 Å². The van der Waals surface area contributed by atoms with Crippen molar-refractivity contribution in [3.8, 4) is 0 Å². The molecular weight excluding hydrogens is 238 g/mol. The first-order valence-corrected chi connectivity index (χ1v) is 7.20. The number of hydrogen-bond donors (Lipinski definition) is 2. The minimum atomic E-state index is -0.854. The predicted molar refractivity (Wildman–Crippen MR) is 77.8 cm³/mol. The minimum absolute atomic E-state index is 0.389. The summed E-state index contributed by atoms with van der Waals surface area (Å²) in [5, 5.41) is 12.6. The molecule has 0 heterocycles. The van der Waals surface area contributed by atoms with E-state index >= 15 is 0 Å². The molecule has 0 bridgehead atoms. The van der Waals surface area contributed by atoms with Gasteiger partial charge >= 0.3 is 5.97 Å². The predicted octanol–water partition coefficient (Wildman–Crippen LogP) is 4.07. The number of aryl methyl sites for hydroxylation is 1. The second-order valence-electron chi connectivity index (χ2n) is 5.61. The lowest BCUT2D eigenvalue weighted by molar-refractivity contribution is 0.0696. The van der Waals surface area contributed by atoms with Crippen molar-refractivity contribution in [2.75, 3.05) is 5.32 Å². The Morgan fingerprint density at radius 3 is 2.53 bits per heavy atom.